The Bertz CT molecular complexity index is 920. The lowest BCUT2D eigenvalue weighted by atomic mass is 10.1. The number of carbonyl (C=O) groups excluding carboxylic acids is 1. The van der Waals surface area contributed by atoms with Crippen LogP contribution in [0.5, 0.6) is 17.2 Å². The monoisotopic (exact) mass is 421 g/mol. The Morgan fingerprint density at radius 1 is 1.07 bits per heavy atom. The molecule has 140 valence electrons. The predicted octanol–water partition coefficient (Wildman–Crippen LogP) is 4.77. The zero-order valence-corrected chi connectivity index (χ0v) is 17.2. The fraction of sp³-hybridized carbons (Fsp3) is 0.158. The number of methoxy groups -OCH3 is 3. The predicted molar refractivity (Wildman–Crippen MR) is 113 cm³/mol. The van der Waals surface area contributed by atoms with Gasteiger partial charge in [-0.2, -0.15) is 0 Å². The van der Waals surface area contributed by atoms with Gasteiger partial charge in [0.05, 0.1) is 36.9 Å². The molecule has 2 aromatic rings. The normalized spacial score (nSPS) is 15.4. The molecule has 8 heteroatoms. The summed E-state index contributed by atoms with van der Waals surface area (Å²) >= 11 is 12.8. The zero-order valence-electron chi connectivity index (χ0n) is 14.8. The molecule has 0 aliphatic carbocycles. The standard InChI is InChI=1S/C19H16ClNO4S2/c1-23-14-8-11(9-15(24-2)17(14)25-3)10-16-18(22)21(19(26)27-16)13-7-5-4-6-12(13)20/h4-10H,1-3H3/b16-10+. The van der Waals surface area contributed by atoms with E-state index in [-0.39, 0.29) is 5.91 Å². The van der Waals surface area contributed by atoms with Crippen LogP contribution in [-0.2, 0) is 4.79 Å². The third-order valence-electron chi connectivity index (χ3n) is 3.87. The maximum Gasteiger partial charge on any atom is 0.270 e. The van der Waals surface area contributed by atoms with Crippen LogP contribution in [0.1, 0.15) is 5.56 Å². The third-order valence-corrected chi connectivity index (χ3v) is 5.49. The Morgan fingerprint density at radius 3 is 2.26 bits per heavy atom. The van der Waals surface area contributed by atoms with Gasteiger partial charge in [0, 0.05) is 0 Å². The minimum Gasteiger partial charge on any atom is -0.493 e. The summed E-state index contributed by atoms with van der Waals surface area (Å²) in [6, 6.07) is 10.6. The molecule has 1 aliphatic rings. The Labute approximate surface area is 171 Å². The topological polar surface area (TPSA) is 48.0 Å². The third kappa shape index (κ3) is 3.76. The number of rotatable bonds is 5. The molecule has 5 nitrogen and oxygen atoms in total. The Balaban J connectivity index is 2.00. The van der Waals surface area contributed by atoms with Crippen molar-refractivity contribution in [1.82, 2.24) is 0 Å². The second-order valence-corrected chi connectivity index (χ2v) is 7.51. The van der Waals surface area contributed by atoms with Gasteiger partial charge < -0.3 is 14.2 Å². The van der Waals surface area contributed by atoms with Crippen LogP contribution < -0.4 is 19.1 Å². The molecule has 2 aromatic carbocycles. The van der Waals surface area contributed by atoms with Gasteiger partial charge in [-0.05, 0) is 35.9 Å². The average molecular weight is 422 g/mol. The van der Waals surface area contributed by atoms with E-state index in [0.29, 0.717) is 37.2 Å². The molecule has 0 atom stereocenters. The van der Waals surface area contributed by atoms with Crippen LogP contribution in [0.3, 0.4) is 0 Å². The second kappa shape index (κ2) is 8.21. The van der Waals surface area contributed by atoms with Crippen LogP contribution in [0.25, 0.3) is 6.08 Å². The first-order valence-corrected chi connectivity index (χ1v) is 9.43. The van der Waals surface area contributed by atoms with Gasteiger partial charge in [0.15, 0.2) is 15.8 Å². The van der Waals surface area contributed by atoms with Crippen molar-refractivity contribution in [3.63, 3.8) is 0 Å². The number of thiocarbonyl (C=S) groups is 1. The molecule has 1 heterocycles. The van der Waals surface area contributed by atoms with Gasteiger partial charge >= 0.3 is 0 Å². The number of para-hydroxylation sites is 1. The van der Waals surface area contributed by atoms with Gasteiger partial charge in [0.25, 0.3) is 5.91 Å². The minimum atomic E-state index is -0.230. The lowest BCUT2D eigenvalue weighted by molar-refractivity contribution is -0.113. The molecule has 0 unspecified atom stereocenters. The van der Waals surface area contributed by atoms with Crippen LogP contribution in [0.2, 0.25) is 5.02 Å². The highest BCUT2D eigenvalue weighted by Gasteiger charge is 2.34. The van der Waals surface area contributed by atoms with Crippen molar-refractivity contribution in [3.05, 3.63) is 51.9 Å². The van der Waals surface area contributed by atoms with E-state index in [0.717, 1.165) is 5.56 Å². The van der Waals surface area contributed by atoms with Gasteiger partial charge in [-0.3, -0.25) is 9.69 Å². The first-order valence-electron chi connectivity index (χ1n) is 7.82. The summed E-state index contributed by atoms with van der Waals surface area (Å²) in [5, 5.41) is 0.461. The Kier molecular flexibility index (Phi) is 5.94. The summed E-state index contributed by atoms with van der Waals surface area (Å²) in [6.07, 6.45) is 1.74. The van der Waals surface area contributed by atoms with Gasteiger partial charge in [0.1, 0.15) is 0 Å². The smallest absolute Gasteiger partial charge is 0.270 e. The molecule has 0 saturated carbocycles. The van der Waals surface area contributed by atoms with Gasteiger partial charge in [-0.1, -0.05) is 47.7 Å². The molecular formula is C19H16ClNO4S2. The molecule has 3 rings (SSSR count). The molecule has 1 saturated heterocycles. The van der Waals surface area contributed by atoms with E-state index in [4.69, 9.17) is 38.0 Å². The number of carbonyl (C=O) groups is 1. The number of thioether (sulfide) groups is 1. The van der Waals surface area contributed by atoms with E-state index in [9.17, 15) is 4.79 Å². The van der Waals surface area contributed by atoms with Crippen LogP contribution >= 0.6 is 35.6 Å². The number of amides is 1. The zero-order chi connectivity index (χ0) is 19.6. The lowest BCUT2D eigenvalue weighted by Gasteiger charge is -2.15. The highest BCUT2D eigenvalue weighted by molar-refractivity contribution is 8.27. The van der Waals surface area contributed by atoms with Crippen molar-refractivity contribution in [2.24, 2.45) is 0 Å². The summed E-state index contributed by atoms with van der Waals surface area (Å²) < 4.78 is 16.5. The first kappa shape index (κ1) is 19.5. The summed E-state index contributed by atoms with van der Waals surface area (Å²) in [5.74, 6) is 1.27. The van der Waals surface area contributed by atoms with Crippen LogP contribution in [0, 0.1) is 0 Å². The van der Waals surface area contributed by atoms with Crippen LogP contribution in [0.15, 0.2) is 41.3 Å². The van der Waals surface area contributed by atoms with Crippen LogP contribution in [0.4, 0.5) is 5.69 Å². The van der Waals surface area contributed by atoms with E-state index < -0.39 is 0 Å². The Morgan fingerprint density at radius 2 is 1.70 bits per heavy atom. The minimum absolute atomic E-state index is 0.230. The summed E-state index contributed by atoms with van der Waals surface area (Å²) in [6.45, 7) is 0. The number of benzene rings is 2. The highest BCUT2D eigenvalue weighted by Crippen LogP contribution is 2.42. The molecule has 1 fully saturated rings. The number of hydrogen-bond donors (Lipinski definition) is 0. The summed E-state index contributed by atoms with van der Waals surface area (Å²) in [5.41, 5.74) is 1.29. The van der Waals surface area contributed by atoms with Crippen LogP contribution in [-0.4, -0.2) is 31.6 Å². The molecule has 0 radical (unpaired) electrons. The molecular weight excluding hydrogens is 406 g/mol. The van der Waals surface area contributed by atoms with Gasteiger partial charge in [-0.25, -0.2) is 0 Å². The average Bonchev–Trinajstić information content (AvgIpc) is 2.94. The number of ether oxygens (including phenoxy) is 3. The molecule has 0 bridgehead atoms. The molecule has 1 amide bonds. The van der Waals surface area contributed by atoms with Crippen molar-refractivity contribution < 1.29 is 19.0 Å². The number of anilines is 1. The van der Waals surface area contributed by atoms with E-state index in [1.165, 1.54) is 38.0 Å². The lowest BCUT2D eigenvalue weighted by Crippen LogP contribution is -2.27. The van der Waals surface area contributed by atoms with Gasteiger partial charge in [0.2, 0.25) is 5.75 Å². The highest BCUT2D eigenvalue weighted by atomic mass is 35.5. The first-order chi connectivity index (χ1) is 13.0. The van der Waals surface area contributed by atoms with Crippen molar-refractivity contribution >= 4 is 57.6 Å². The van der Waals surface area contributed by atoms with E-state index in [2.05, 4.69) is 0 Å². The maximum absolute atomic E-state index is 12.9. The molecule has 1 aliphatic heterocycles. The number of hydrogen-bond acceptors (Lipinski definition) is 6. The fourth-order valence-electron chi connectivity index (χ4n) is 2.64. The van der Waals surface area contributed by atoms with Crippen molar-refractivity contribution in [2.75, 3.05) is 26.2 Å². The SMILES string of the molecule is COc1cc(/C=C2/SC(=S)N(c3ccccc3Cl)C2=O)cc(OC)c1OC. The molecule has 0 aromatic heterocycles. The number of halogens is 1. The van der Waals surface area contributed by atoms with E-state index in [1.807, 2.05) is 6.07 Å². The van der Waals surface area contributed by atoms with E-state index >= 15 is 0 Å². The van der Waals surface area contributed by atoms with Crippen molar-refractivity contribution in [3.8, 4) is 17.2 Å². The summed E-state index contributed by atoms with van der Waals surface area (Å²) in [7, 11) is 4.62. The molecule has 0 N–H and O–H groups in total. The quantitative estimate of drug-likeness (QED) is 0.512. The van der Waals surface area contributed by atoms with Gasteiger partial charge in [-0.15, -0.1) is 0 Å². The fourth-order valence-corrected chi connectivity index (χ4v) is 4.15. The Hall–Kier alpha value is -2.22. The van der Waals surface area contributed by atoms with Crippen molar-refractivity contribution in [2.45, 2.75) is 0 Å². The number of nitrogens with zero attached hydrogens (tertiary/aromatic N) is 1. The van der Waals surface area contributed by atoms with E-state index in [1.54, 1.807) is 36.4 Å². The molecule has 27 heavy (non-hydrogen) atoms. The maximum atomic E-state index is 12.9. The summed E-state index contributed by atoms with van der Waals surface area (Å²) in [4.78, 5) is 14.8. The van der Waals surface area contributed by atoms with Crippen molar-refractivity contribution in [1.29, 1.82) is 0 Å². The largest absolute Gasteiger partial charge is 0.493 e. The second-order valence-electron chi connectivity index (χ2n) is 5.43. The molecule has 0 spiro atoms.